The van der Waals surface area contributed by atoms with Crippen molar-refractivity contribution in [2.24, 2.45) is 0 Å². The molecule has 3 rings (SSSR count). The van der Waals surface area contributed by atoms with E-state index in [0.29, 0.717) is 19.1 Å². The molecule has 0 amide bonds. The Labute approximate surface area is 117 Å². The largest absolute Gasteiger partial charge is 0.492 e. The molecule has 5 nitrogen and oxygen atoms in total. The summed E-state index contributed by atoms with van der Waals surface area (Å²) in [5.74, 6) is 1.31. The van der Waals surface area contributed by atoms with Gasteiger partial charge in [0, 0.05) is 5.69 Å². The van der Waals surface area contributed by atoms with Crippen LogP contribution in [0.25, 0.3) is 11.2 Å². The summed E-state index contributed by atoms with van der Waals surface area (Å²) in [7, 11) is 0. The second kappa shape index (κ2) is 5.21. The van der Waals surface area contributed by atoms with Gasteiger partial charge in [0.25, 0.3) is 0 Å². The molecule has 20 heavy (non-hydrogen) atoms. The summed E-state index contributed by atoms with van der Waals surface area (Å²) in [6.45, 7) is 3.09. The highest BCUT2D eigenvalue weighted by Gasteiger charge is 2.09. The van der Waals surface area contributed by atoms with Crippen molar-refractivity contribution in [1.29, 1.82) is 0 Å². The zero-order valence-electron chi connectivity index (χ0n) is 11.3. The van der Waals surface area contributed by atoms with Gasteiger partial charge in [0.05, 0.1) is 6.54 Å². The van der Waals surface area contributed by atoms with E-state index in [1.165, 1.54) is 0 Å². The number of fused-ring (bicyclic) bond motifs is 1. The number of nitrogens with two attached hydrogens (primary N) is 1. The summed E-state index contributed by atoms with van der Waals surface area (Å²) < 4.78 is 7.56. The molecule has 3 aromatic rings. The Morgan fingerprint density at radius 1 is 1.10 bits per heavy atom. The Bertz CT molecular complexity index is 721. The van der Waals surface area contributed by atoms with Crippen molar-refractivity contribution in [3.63, 3.8) is 0 Å². The molecule has 0 spiro atoms. The van der Waals surface area contributed by atoms with Crippen LogP contribution in [0.1, 0.15) is 5.69 Å². The highest BCUT2D eigenvalue weighted by atomic mass is 16.5. The first kappa shape index (κ1) is 12.5. The molecule has 0 aliphatic carbocycles. The topological polar surface area (TPSA) is 66.0 Å². The van der Waals surface area contributed by atoms with Gasteiger partial charge in [-0.25, -0.2) is 9.97 Å². The molecule has 0 fully saturated rings. The minimum absolute atomic E-state index is 0.467. The quantitative estimate of drug-likeness (QED) is 0.789. The Kier molecular flexibility index (Phi) is 3.25. The average Bonchev–Trinajstić information content (AvgIpc) is 2.76. The number of rotatable bonds is 4. The van der Waals surface area contributed by atoms with E-state index in [1.807, 2.05) is 54.0 Å². The molecule has 0 saturated carbocycles. The number of hydrogen-bond acceptors (Lipinski definition) is 4. The summed E-state index contributed by atoms with van der Waals surface area (Å²) in [4.78, 5) is 8.79. The SMILES string of the molecule is Cc1ccc2nc(N)n(CCOc3ccccc3)c2n1. The van der Waals surface area contributed by atoms with Gasteiger partial charge >= 0.3 is 0 Å². The van der Waals surface area contributed by atoms with Crippen LogP contribution in [0.3, 0.4) is 0 Å². The van der Waals surface area contributed by atoms with E-state index >= 15 is 0 Å². The lowest BCUT2D eigenvalue weighted by atomic mass is 10.3. The van der Waals surface area contributed by atoms with Gasteiger partial charge in [0.15, 0.2) is 5.65 Å². The zero-order chi connectivity index (χ0) is 13.9. The van der Waals surface area contributed by atoms with Crippen molar-refractivity contribution in [3.8, 4) is 5.75 Å². The minimum Gasteiger partial charge on any atom is -0.492 e. The standard InChI is InChI=1S/C15H16N4O/c1-11-7-8-13-14(17-11)19(15(16)18-13)9-10-20-12-5-3-2-4-6-12/h2-8H,9-10H2,1H3,(H2,16,18). The van der Waals surface area contributed by atoms with Crippen LogP contribution >= 0.6 is 0 Å². The molecule has 2 heterocycles. The third-order valence-electron chi connectivity index (χ3n) is 3.09. The van der Waals surface area contributed by atoms with E-state index in [9.17, 15) is 0 Å². The summed E-state index contributed by atoms with van der Waals surface area (Å²) >= 11 is 0. The molecule has 0 atom stereocenters. The number of ether oxygens (including phenoxy) is 1. The lowest BCUT2D eigenvalue weighted by Gasteiger charge is -2.08. The fraction of sp³-hybridized carbons (Fsp3) is 0.200. The lowest BCUT2D eigenvalue weighted by molar-refractivity contribution is 0.301. The van der Waals surface area contributed by atoms with Gasteiger partial charge < -0.3 is 10.5 Å². The smallest absolute Gasteiger partial charge is 0.202 e. The van der Waals surface area contributed by atoms with Crippen LogP contribution in [-0.4, -0.2) is 21.1 Å². The van der Waals surface area contributed by atoms with E-state index in [1.54, 1.807) is 0 Å². The van der Waals surface area contributed by atoms with Crippen molar-refractivity contribution in [2.75, 3.05) is 12.3 Å². The number of nitrogen functional groups attached to an aromatic ring is 1. The molecule has 2 aromatic heterocycles. The van der Waals surface area contributed by atoms with Crippen LogP contribution in [0.2, 0.25) is 0 Å². The number of pyridine rings is 1. The van der Waals surface area contributed by atoms with Gasteiger partial charge in [-0.05, 0) is 31.2 Å². The number of anilines is 1. The van der Waals surface area contributed by atoms with Crippen molar-refractivity contribution in [1.82, 2.24) is 14.5 Å². The van der Waals surface area contributed by atoms with Crippen LogP contribution in [0.5, 0.6) is 5.75 Å². The van der Waals surface area contributed by atoms with Gasteiger partial charge in [-0.15, -0.1) is 0 Å². The van der Waals surface area contributed by atoms with Crippen molar-refractivity contribution >= 4 is 17.1 Å². The fourth-order valence-corrected chi connectivity index (χ4v) is 2.11. The van der Waals surface area contributed by atoms with E-state index in [0.717, 1.165) is 22.6 Å². The molecular weight excluding hydrogens is 252 g/mol. The Balaban J connectivity index is 1.77. The first-order valence-electron chi connectivity index (χ1n) is 6.51. The van der Waals surface area contributed by atoms with Crippen LogP contribution in [0.15, 0.2) is 42.5 Å². The highest BCUT2D eigenvalue weighted by Crippen LogP contribution is 2.16. The Morgan fingerprint density at radius 3 is 2.70 bits per heavy atom. The molecule has 2 N–H and O–H groups in total. The van der Waals surface area contributed by atoms with Gasteiger partial charge in [-0.3, -0.25) is 4.57 Å². The summed E-state index contributed by atoms with van der Waals surface area (Å²) in [6.07, 6.45) is 0. The first-order valence-corrected chi connectivity index (χ1v) is 6.51. The molecule has 0 unspecified atom stereocenters. The van der Waals surface area contributed by atoms with Crippen molar-refractivity contribution in [2.45, 2.75) is 13.5 Å². The number of imidazole rings is 1. The maximum Gasteiger partial charge on any atom is 0.202 e. The second-order valence-electron chi connectivity index (χ2n) is 4.58. The summed E-state index contributed by atoms with van der Waals surface area (Å²) in [5, 5.41) is 0. The van der Waals surface area contributed by atoms with Crippen molar-refractivity contribution in [3.05, 3.63) is 48.2 Å². The van der Waals surface area contributed by atoms with E-state index in [2.05, 4.69) is 9.97 Å². The number of aromatic nitrogens is 3. The molecule has 5 heteroatoms. The molecule has 0 radical (unpaired) electrons. The van der Waals surface area contributed by atoms with E-state index < -0.39 is 0 Å². The number of hydrogen-bond donors (Lipinski definition) is 1. The van der Waals surface area contributed by atoms with Crippen LogP contribution in [0, 0.1) is 6.92 Å². The summed E-state index contributed by atoms with van der Waals surface area (Å²) in [6, 6.07) is 13.6. The van der Waals surface area contributed by atoms with Crippen molar-refractivity contribution < 1.29 is 4.74 Å². The van der Waals surface area contributed by atoms with Crippen LogP contribution < -0.4 is 10.5 Å². The predicted octanol–water partition coefficient (Wildman–Crippen LogP) is 2.40. The molecular formula is C15H16N4O. The summed E-state index contributed by atoms with van der Waals surface area (Å²) in [5.41, 5.74) is 8.50. The molecule has 0 saturated heterocycles. The monoisotopic (exact) mass is 268 g/mol. The predicted molar refractivity (Wildman–Crippen MR) is 78.6 cm³/mol. The highest BCUT2D eigenvalue weighted by molar-refractivity contribution is 5.74. The molecule has 0 aliphatic heterocycles. The van der Waals surface area contributed by atoms with E-state index in [-0.39, 0.29) is 0 Å². The molecule has 102 valence electrons. The Morgan fingerprint density at radius 2 is 1.90 bits per heavy atom. The lowest BCUT2D eigenvalue weighted by Crippen LogP contribution is -2.11. The third-order valence-corrected chi connectivity index (χ3v) is 3.09. The zero-order valence-corrected chi connectivity index (χ0v) is 11.3. The maximum atomic E-state index is 5.94. The Hall–Kier alpha value is -2.56. The number of aryl methyl sites for hydroxylation is 1. The number of benzene rings is 1. The maximum absolute atomic E-state index is 5.94. The third kappa shape index (κ3) is 2.42. The number of nitrogens with zero attached hydrogens (tertiary/aromatic N) is 3. The van der Waals surface area contributed by atoms with Crippen LogP contribution in [0.4, 0.5) is 5.95 Å². The first-order chi connectivity index (χ1) is 9.74. The minimum atomic E-state index is 0.467. The number of para-hydroxylation sites is 1. The van der Waals surface area contributed by atoms with Gasteiger partial charge in [-0.1, -0.05) is 18.2 Å². The van der Waals surface area contributed by atoms with Gasteiger partial charge in [-0.2, -0.15) is 0 Å². The second-order valence-corrected chi connectivity index (χ2v) is 4.58. The molecule has 0 aliphatic rings. The molecule has 0 bridgehead atoms. The van der Waals surface area contributed by atoms with E-state index in [4.69, 9.17) is 10.5 Å². The molecule has 1 aromatic carbocycles. The van der Waals surface area contributed by atoms with Gasteiger partial charge in [0.2, 0.25) is 5.95 Å². The van der Waals surface area contributed by atoms with Gasteiger partial charge in [0.1, 0.15) is 17.9 Å². The van der Waals surface area contributed by atoms with Crippen LogP contribution in [-0.2, 0) is 6.54 Å². The normalized spacial score (nSPS) is 10.8. The fourth-order valence-electron chi connectivity index (χ4n) is 2.11. The average molecular weight is 268 g/mol.